The molecule has 6 aliphatic rings. The van der Waals surface area contributed by atoms with Crippen LogP contribution in [-0.4, -0.2) is 138 Å². The molecule has 6 heterocycles. The number of hydrogen-bond donors (Lipinski definition) is 17. The van der Waals surface area contributed by atoms with E-state index < -0.39 is 170 Å². The molecule has 0 spiro atoms. The Labute approximate surface area is 606 Å². The molecule has 18 N–H and O–H groups in total. The molecule has 6 aliphatic heterocycles. The van der Waals surface area contributed by atoms with Gasteiger partial charge in [-0.25, -0.2) is 4.79 Å². The monoisotopic (exact) mass is 1470 g/mol. The summed E-state index contributed by atoms with van der Waals surface area (Å²) in [5.41, 5.74) is 3.01. The second-order valence-electron chi connectivity index (χ2n) is 26.8. The molecular formula is C74H80Cl2N9O19+. The summed E-state index contributed by atoms with van der Waals surface area (Å²) in [5, 5.41) is 125. The van der Waals surface area contributed by atoms with Crippen molar-refractivity contribution in [3.05, 3.63) is 164 Å². The highest BCUT2D eigenvalue weighted by Crippen LogP contribution is 2.51. The van der Waals surface area contributed by atoms with Gasteiger partial charge < -0.3 is 108 Å². The number of benzene rings is 7. The topological polar surface area (TPSA) is 439 Å². The van der Waals surface area contributed by atoms with Crippen LogP contribution < -0.4 is 57.2 Å². The zero-order valence-corrected chi connectivity index (χ0v) is 58.2. The molecule has 548 valence electrons. The summed E-state index contributed by atoms with van der Waals surface area (Å²) >= 11 is 13.8. The molecule has 28 nitrogen and oxygen atoms in total. The number of hydrogen-bond acceptors (Lipinski definition) is 20. The molecule has 0 aromatic heterocycles. The number of aliphatic hydroxyl groups is 2. The Morgan fingerprint density at radius 2 is 1.04 bits per heavy atom. The van der Waals surface area contributed by atoms with Gasteiger partial charge in [-0.1, -0.05) is 99.0 Å². The van der Waals surface area contributed by atoms with Gasteiger partial charge in [0.15, 0.2) is 29.0 Å². The van der Waals surface area contributed by atoms with E-state index in [4.69, 9.17) is 43.1 Å². The number of aromatic hydroxyl groups is 6. The normalized spacial score (nSPS) is 21.1. The van der Waals surface area contributed by atoms with Crippen molar-refractivity contribution >= 4 is 64.6 Å². The summed E-state index contributed by atoms with van der Waals surface area (Å²) in [6, 6.07) is 5.47. The SMILES string of the molecule is CCCCCCCCCC[N+](C)(C)CCCNCc1c(O)cc2c(c1O)-c1c(O)cccc1C1NC(=O)C3NC(=O)C4NC(=O)C(NC(=O)C(N)c5ccc(O)c(c5)Oc5cc(O)cc4c5)C(O)c4ccc(c(Cl)c4)Oc4cc3cc(c4O)Oc3ccc(cc3Cl)C(O)C(NC1=O)C(=O)NC2C(=O)O. The zero-order valence-electron chi connectivity index (χ0n) is 56.7. The molecule has 0 saturated carbocycles. The van der Waals surface area contributed by atoms with E-state index >= 15 is 24.0 Å². The van der Waals surface area contributed by atoms with Gasteiger partial charge in [-0.3, -0.25) is 28.8 Å². The van der Waals surface area contributed by atoms with E-state index in [0.717, 1.165) is 93.0 Å². The van der Waals surface area contributed by atoms with E-state index in [9.17, 15) is 55.5 Å². The number of amides is 6. The molecule has 0 aliphatic carbocycles. The van der Waals surface area contributed by atoms with Crippen LogP contribution in [0.5, 0.6) is 69.0 Å². The summed E-state index contributed by atoms with van der Waals surface area (Å²) in [6.45, 7) is 3.94. The molecule has 9 unspecified atom stereocenters. The largest absolute Gasteiger partial charge is 0.508 e. The van der Waals surface area contributed by atoms with Gasteiger partial charge in [0.2, 0.25) is 41.2 Å². The van der Waals surface area contributed by atoms with E-state index in [-0.39, 0.29) is 67.4 Å². The average Bonchev–Trinajstić information content (AvgIpc) is 1.14. The molecule has 7 aromatic rings. The van der Waals surface area contributed by atoms with Gasteiger partial charge in [0.1, 0.15) is 88.7 Å². The van der Waals surface area contributed by atoms with Gasteiger partial charge in [-0.15, -0.1) is 0 Å². The third-order valence-corrected chi connectivity index (χ3v) is 19.5. The average molecular weight is 1470 g/mol. The van der Waals surface area contributed by atoms with Gasteiger partial charge in [0.25, 0.3) is 0 Å². The number of ether oxygens (including phenoxy) is 3. The number of carboxylic acids is 1. The first-order valence-electron chi connectivity index (χ1n) is 33.9. The molecule has 104 heavy (non-hydrogen) atoms. The van der Waals surface area contributed by atoms with Crippen LogP contribution in [0.15, 0.2) is 109 Å². The molecule has 30 heteroatoms. The Balaban J connectivity index is 1.07. The number of halogens is 2. The quantitative estimate of drug-likeness (QED) is 0.0320. The summed E-state index contributed by atoms with van der Waals surface area (Å²) in [6.07, 6.45) is 5.78. The van der Waals surface area contributed by atoms with Gasteiger partial charge in [0.05, 0.1) is 42.8 Å². The second kappa shape index (κ2) is 31.6. The lowest BCUT2D eigenvalue weighted by Gasteiger charge is -2.31. The molecule has 15 bridgehead atoms. The molecule has 0 fully saturated rings. The Morgan fingerprint density at radius 1 is 0.500 bits per heavy atom. The van der Waals surface area contributed by atoms with Crippen molar-refractivity contribution < 1.29 is 98.2 Å². The smallest absolute Gasteiger partial charge is 0.330 e. The van der Waals surface area contributed by atoms with Crippen molar-refractivity contribution in [1.29, 1.82) is 0 Å². The number of nitrogens with one attached hydrogen (secondary N) is 7. The maximum Gasteiger partial charge on any atom is 0.330 e. The number of nitrogens with two attached hydrogens (primary N) is 1. The highest BCUT2D eigenvalue weighted by Gasteiger charge is 2.44. The molecule has 0 radical (unpaired) electrons. The number of rotatable bonds is 16. The fraction of sp³-hybridized carbons (Fsp3) is 0.338. The highest BCUT2D eigenvalue weighted by atomic mass is 35.5. The number of phenolic OH excluding ortho intramolecular Hbond substituents is 6. The predicted molar refractivity (Wildman–Crippen MR) is 377 cm³/mol. The van der Waals surface area contributed by atoms with Crippen molar-refractivity contribution in [2.75, 3.05) is 33.7 Å². The Bertz CT molecular complexity index is 4520. The van der Waals surface area contributed by atoms with Gasteiger partial charge in [-0.05, 0) is 119 Å². The Hall–Kier alpha value is -10.6. The van der Waals surface area contributed by atoms with Gasteiger partial charge >= 0.3 is 5.97 Å². The summed E-state index contributed by atoms with van der Waals surface area (Å²) in [5.74, 6) is -16.3. The van der Waals surface area contributed by atoms with E-state index in [1.165, 1.54) is 80.6 Å². The van der Waals surface area contributed by atoms with Gasteiger partial charge in [-0.2, -0.15) is 0 Å². The third-order valence-electron chi connectivity index (χ3n) is 18.9. The fourth-order valence-electron chi connectivity index (χ4n) is 13.2. The number of aliphatic hydroxyl groups excluding tert-OH is 2. The summed E-state index contributed by atoms with van der Waals surface area (Å²) in [7, 11) is 4.26. The van der Waals surface area contributed by atoms with Crippen LogP contribution in [-0.2, 0) is 40.1 Å². The van der Waals surface area contributed by atoms with Crippen LogP contribution in [0.3, 0.4) is 0 Å². The van der Waals surface area contributed by atoms with Crippen LogP contribution in [0.2, 0.25) is 10.0 Å². The van der Waals surface area contributed by atoms with Crippen molar-refractivity contribution in [1.82, 2.24) is 37.2 Å². The lowest BCUT2D eigenvalue weighted by molar-refractivity contribution is -0.890. The van der Waals surface area contributed by atoms with Crippen LogP contribution in [0.25, 0.3) is 11.1 Å². The summed E-state index contributed by atoms with van der Waals surface area (Å²) in [4.78, 5) is 106. The van der Waals surface area contributed by atoms with E-state index in [1.807, 2.05) is 0 Å². The number of aliphatic carboxylic acids is 1. The number of carbonyl (C=O) groups is 7. The van der Waals surface area contributed by atoms with Crippen LogP contribution >= 0.6 is 23.2 Å². The van der Waals surface area contributed by atoms with E-state index in [1.54, 1.807) is 0 Å². The minimum atomic E-state index is -2.30. The maximum atomic E-state index is 16.2. The standard InChI is InChI=1S/C74H79Cl2N9O19/c1-4-5-6-7-8-9-10-11-23-85(2,3)24-13-22-78-34-44-49(89)33-43-56(66(44)92)55-42(14-12-15-48(55)88)60-71(97)84-63(73(99)82-61(43)74(100)101)65(91)37-18-21-51(46(76)28-37)104-54-31-39-30-53(67(54)93)103-50-20-17-36(27-45(50)75)64(90)62-72(98)80-58(69(95)79-59(39)70(96)81-60)38-25-40(86)32-41(26-38)102-52-29-35(16-19-47(52)87)57(77)68(94)83-62/h12,14-21,25-33,57-65,78,90-91H,4-11,13,22-24,34,77H2,1-3H3,(H12-,79,80,81,82,83,84,86,87,88,89,92,93,94,95,96,97,98,99,100,101)/p+1. The number of carbonyl (C=O) groups excluding carboxylic acids is 6. The molecule has 0 saturated heterocycles. The van der Waals surface area contributed by atoms with Crippen molar-refractivity contribution in [2.45, 2.75) is 126 Å². The lowest BCUT2D eigenvalue weighted by Crippen LogP contribution is -2.55. The Morgan fingerprint density at radius 3 is 1.65 bits per heavy atom. The van der Waals surface area contributed by atoms with E-state index in [0.29, 0.717) is 17.4 Å². The minimum absolute atomic E-state index is 0.0316. The van der Waals surface area contributed by atoms with Crippen LogP contribution in [0, 0.1) is 0 Å². The number of carboxylic acid groups (broad SMARTS) is 1. The number of phenols is 6. The highest BCUT2D eigenvalue weighted by molar-refractivity contribution is 6.32. The minimum Gasteiger partial charge on any atom is -0.508 e. The van der Waals surface area contributed by atoms with E-state index in [2.05, 4.69) is 58.2 Å². The first kappa shape index (κ1) is 74.6. The first-order chi connectivity index (χ1) is 49.6. The summed E-state index contributed by atoms with van der Waals surface area (Å²) < 4.78 is 19.3. The van der Waals surface area contributed by atoms with Crippen molar-refractivity contribution in [3.8, 4) is 80.1 Å². The van der Waals surface area contributed by atoms with Gasteiger partial charge in [0, 0.05) is 42.3 Å². The zero-order chi connectivity index (χ0) is 74.6. The molecular weight excluding hydrogens is 1390 g/mol. The third kappa shape index (κ3) is 16.3. The fourth-order valence-corrected chi connectivity index (χ4v) is 13.7. The molecule has 7 aromatic carbocycles. The maximum absolute atomic E-state index is 16.2. The molecule has 9 atom stereocenters. The second-order valence-corrected chi connectivity index (χ2v) is 27.6. The predicted octanol–water partition coefficient (Wildman–Crippen LogP) is 8.17. The molecule has 13 rings (SSSR count). The van der Waals surface area contributed by atoms with Crippen LogP contribution in [0.1, 0.15) is 152 Å². The Kier molecular flexibility index (Phi) is 22.6. The van der Waals surface area contributed by atoms with Crippen molar-refractivity contribution in [3.63, 3.8) is 0 Å². The number of fused-ring (bicyclic) bond motifs is 13. The number of unbranched alkanes of at least 4 members (excludes halogenated alkanes) is 7. The number of quaternary nitrogens is 1. The number of nitrogens with zero attached hydrogens (tertiary/aromatic N) is 1. The first-order valence-corrected chi connectivity index (χ1v) is 34.6. The van der Waals surface area contributed by atoms with Crippen molar-refractivity contribution in [2.24, 2.45) is 5.73 Å². The molecule has 6 amide bonds. The van der Waals surface area contributed by atoms with Crippen LogP contribution in [0.4, 0.5) is 0 Å². The lowest BCUT2D eigenvalue weighted by atomic mass is 9.86.